The summed E-state index contributed by atoms with van der Waals surface area (Å²) in [7, 11) is 0. The van der Waals surface area contributed by atoms with Crippen LogP contribution in [0.1, 0.15) is 32.6 Å². The van der Waals surface area contributed by atoms with Crippen LogP contribution >= 0.6 is 0 Å². The monoisotopic (exact) mass is 283 g/mol. The molecule has 1 saturated heterocycles. The van der Waals surface area contributed by atoms with Gasteiger partial charge in [0.15, 0.2) is 0 Å². The zero-order chi connectivity index (χ0) is 14.5. The van der Waals surface area contributed by atoms with Crippen molar-refractivity contribution in [1.82, 2.24) is 10.3 Å². The third kappa shape index (κ3) is 3.35. The van der Waals surface area contributed by atoms with E-state index in [1.807, 2.05) is 6.20 Å². The van der Waals surface area contributed by atoms with Gasteiger partial charge in [0.25, 0.3) is 0 Å². The fourth-order valence-corrected chi connectivity index (χ4v) is 3.26. The van der Waals surface area contributed by atoms with E-state index < -0.39 is 0 Å². The van der Waals surface area contributed by atoms with Crippen molar-refractivity contribution in [3.05, 3.63) is 36.5 Å². The molecular formula is C18H25N3. The average molecular weight is 283 g/mol. The molecule has 2 aromatic rings. The molecule has 3 rings (SSSR count). The molecule has 0 bridgehead atoms. The number of piperidine rings is 1. The van der Waals surface area contributed by atoms with E-state index in [-0.39, 0.29) is 0 Å². The molecular weight excluding hydrogens is 258 g/mol. The van der Waals surface area contributed by atoms with E-state index in [0.717, 1.165) is 31.9 Å². The Balaban J connectivity index is 1.87. The summed E-state index contributed by atoms with van der Waals surface area (Å²) in [5.74, 6) is 1.14. The van der Waals surface area contributed by atoms with Crippen LogP contribution in [-0.4, -0.2) is 30.7 Å². The van der Waals surface area contributed by atoms with Gasteiger partial charge in [0.1, 0.15) is 5.82 Å². The summed E-state index contributed by atoms with van der Waals surface area (Å²) < 4.78 is 0. The minimum absolute atomic E-state index is 0.603. The van der Waals surface area contributed by atoms with Gasteiger partial charge in [0, 0.05) is 30.7 Å². The fraction of sp³-hybridized carbons (Fsp3) is 0.500. The van der Waals surface area contributed by atoms with Gasteiger partial charge in [0.05, 0.1) is 0 Å². The minimum Gasteiger partial charge on any atom is -0.355 e. The molecule has 1 aromatic carbocycles. The molecule has 0 spiro atoms. The normalized spacial score (nSPS) is 18.8. The number of hydrogen-bond donors (Lipinski definition) is 1. The summed E-state index contributed by atoms with van der Waals surface area (Å²) in [5.41, 5.74) is 0. The number of pyridine rings is 1. The van der Waals surface area contributed by atoms with E-state index in [4.69, 9.17) is 0 Å². The molecule has 1 aromatic heterocycles. The number of fused-ring (bicyclic) bond motifs is 1. The summed E-state index contributed by atoms with van der Waals surface area (Å²) in [4.78, 5) is 7.15. The number of nitrogens with one attached hydrogen (secondary N) is 1. The molecule has 3 heteroatoms. The van der Waals surface area contributed by atoms with Gasteiger partial charge in [-0.25, -0.2) is 4.98 Å². The molecule has 21 heavy (non-hydrogen) atoms. The van der Waals surface area contributed by atoms with Crippen molar-refractivity contribution in [3.63, 3.8) is 0 Å². The van der Waals surface area contributed by atoms with Crippen molar-refractivity contribution in [2.75, 3.05) is 24.5 Å². The molecule has 112 valence electrons. The molecule has 1 fully saturated rings. The van der Waals surface area contributed by atoms with Crippen molar-refractivity contribution in [1.29, 1.82) is 0 Å². The highest BCUT2D eigenvalue weighted by Gasteiger charge is 2.18. The zero-order valence-corrected chi connectivity index (χ0v) is 12.9. The van der Waals surface area contributed by atoms with E-state index in [2.05, 4.69) is 52.5 Å². The number of hydrogen-bond acceptors (Lipinski definition) is 3. The molecule has 0 radical (unpaired) electrons. The van der Waals surface area contributed by atoms with Gasteiger partial charge in [-0.15, -0.1) is 0 Å². The van der Waals surface area contributed by atoms with Crippen LogP contribution in [0.2, 0.25) is 0 Å². The molecule has 1 unspecified atom stereocenters. The highest BCUT2D eigenvalue weighted by Crippen LogP contribution is 2.25. The second-order valence-corrected chi connectivity index (χ2v) is 5.95. The van der Waals surface area contributed by atoms with Gasteiger partial charge in [-0.1, -0.05) is 37.6 Å². The lowest BCUT2D eigenvalue weighted by Gasteiger charge is -2.31. The van der Waals surface area contributed by atoms with Gasteiger partial charge < -0.3 is 10.2 Å². The van der Waals surface area contributed by atoms with Crippen LogP contribution in [0.25, 0.3) is 10.8 Å². The van der Waals surface area contributed by atoms with Gasteiger partial charge in [0.2, 0.25) is 0 Å². The van der Waals surface area contributed by atoms with Gasteiger partial charge in [-0.3, -0.25) is 0 Å². The second kappa shape index (κ2) is 6.90. The smallest absolute Gasteiger partial charge is 0.136 e. The maximum atomic E-state index is 4.69. The van der Waals surface area contributed by atoms with E-state index >= 15 is 0 Å². The first-order valence-electron chi connectivity index (χ1n) is 8.20. The summed E-state index contributed by atoms with van der Waals surface area (Å²) in [6, 6.07) is 11.3. The van der Waals surface area contributed by atoms with Crippen molar-refractivity contribution >= 4 is 16.6 Å². The van der Waals surface area contributed by atoms with Crippen LogP contribution in [0.4, 0.5) is 5.82 Å². The van der Waals surface area contributed by atoms with Crippen molar-refractivity contribution in [2.45, 2.75) is 38.6 Å². The minimum atomic E-state index is 0.603. The van der Waals surface area contributed by atoms with Gasteiger partial charge in [-0.2, -0.15) is 0 Å². The van der Waals surface area contributed by atoms with Crippen LogP contribution < -0.4 is 10.2 Å². The topological polar surface area (TPSA) is 28.2 Å². The third-order valence-corrected chi connectivity index (χ3v) is 4.30. The van der Waals surface area contributed by atoms with Crippen molar-refractivity contribution < 1.29 is 0 Å². The van der Waals surface area contributed by atoms with Crippen molar-refractivity contribution in [2.24, 2.45) is 0 Å². The first-order valence-corrected chi connectivity index (χ1v) is 8.20. The van der Waals surface area contributed by atoms with E-state index in [1.54, 1.807) is 0 Å². The van der Waals surface area contributed by atoms with Crippen LogP contribution in [0, 0.1) is 0 Å². The van der Waals surface area contributed by atoms with Crippen LogP contribution in [0.3, 0.4) is 0 Å². The lowest BCUT2D eigenvalue weighted by Crippen LogP contribution is -2.44. The Bertz CT molecular complexity index is 570. The molecule has 1 atom stereocenters. The number of nitrogens with zero attached hydrogens (tertiary/aromatic N) is 2. The molecule has 1 N–H and O–H groups in total. The van der Waals surface area contributed by atoms with Crippen LogP contribution in [0.5, 0.6) is 0 Å². The molecule has 3 nitrogen and oxygen atoms in total. The largest absolute Gasteiger partial charge is 0.355 e. The standard InChI is InChI=1S/C18H25N3/c1-2-13-21(14-16-8-5-6-11-19-16)18-17-9-4-3-7-15(17)10-12-20-18/h3-4,7,9-10,12,16,19H,2,5-6,8,11,13-14H2,1H3. The zero-order valence-electron chi connectivity index (χ0n) is 12.9. The van der Waals surface area contributed by atoms with E-state index in [9.17, 15) is 0 Å². The van der Waals surface area contributed by atoms with Crippen molar-refractivity contribution in [3.8, 4) is 0 Å². The quantitative estimate of drug-likeness (QED) is 0.909. The first kappa shape index (κ1) is 14.3. The molecule has 0 saturated carbocycles. The summed E-state index contributed by atoms with van der Waals surface area (Å²) in [5, 5.41) is 6.20. The number of anilines is 1. The molecule has 0 amide bonds. The Labute approximate surface area is 127 Å². The fourth-order valence-electron chi connectivity index (χ4n) is 3.26. The highest BCUT2D eigenvalue weighted by atomic mass is 15.2. The lowest BCUT2D eigenvalue weighted by atomic mass is 10.0. The highest BCUT2D eigenvalue weighted by molar-refractivity contribution is 5.92. The SMILES string of the molecule is CCCN(CC1CCCCN1)c1nccc2ccccc12. The molecule has 1 aliphatic rings. The van der Waals surface area contributed by atoms with Crippen LogP contribution in [0.15, 0.2) is 36.5 Å². The van der Waals surface area contributed by atoms with E-state index in [1.165, 1.54) is 30.0 Å². The molecule has 0 aliphatic carbocycles. The second-order valence-electron chi connectivity index (χ2n) is 5.95. The first-order chi connectivity index (χ1) is 10.4. The Morgan fingerprint density at radius 3 is 2.95 bits per heavy atom. The number of aromatic nitrogens is 1. The Kier molecular flexibility index (Phi) is 4.71. The Hall–Kier alpha value is -1.61. The predicted molar refractivity (Wildman–Crippen MR) is 89.9 cm³/mol. The Morgan fingerprint density at radius 2 is 2.14 bits per heavy atom. The van der Waals surface area contributed by atoms with Gasteiger partial charge >= 0.3 is 0 Å². The summed E-state index contributed by atoms with van der Waals surface area (Å²) in [6.45, 7) is 5.54. The maximum absolute atomic E-state index is 4.69. The van der Waals surface area contributed by atoms with E-state index in [0.29, 0.717) is 6.04 Å². The predicted octanol–water partition coefficient (Wildman–Crippen LogP) is 3.59. The lowest BCUT2D eigenvalue weighted by molar-refractivity contribution is 0.398. The maximum Gasteiger partial charge on any atom is 0.136 e. The third-order valence-electron chi connectivity index (χ3n) is 4.30. The van der Waals surface area contributed by atoms with Crippen LogP contribution in [-0.2, 0) is 0 Å². The average Bonchev–Trinajstić information content (AvgIpc) is 2.55. The number of benzene rings is 1. The Morgan fingerprint density at radius 1 is 1.24 bits per heavy atom. The molecule has 2 heterocycles. The molecule has 1 aliphatic heterocycles. The summed E-state index contributed by atoms with van der Waals surface area (Å²) >= 11 is 0. The number of rotatable bonds is 5. The summed E-state index contributed by atoms with van der Waals surface area (Å²) in [6.07, 6.45) is 7.04. The van der Waals surface area contributed by atoms with Gasteiger partial charge in [-0.05, 0) is 37.3 Å².